The molecule has 20 heteroatoms. The van der Waals surface area contributed by atoms with Crippen LogP contribution in [0.2, 0.25) is 0 Å². The highest BCUT2D eigenvalue weighted by Crippen LogP contribution is 2.10. The molecule has 0 saturated carbocycles. The van der Waals surface area contributed by atoms with Crippen LogP contribution in [0.1, 0.15) is 70.2 Å². The van der Waals surface area contributed by atoms with Gasteiger partial charge in [-0.05, 0) is 69.5 Å². The topological polar surface area (TPSA) is 318 Å². The van der Waals surface area contributed by atoms with Crippen LogP contribution in [0, 0.1) is 5.92 Å². The second kappa shape index (κ2) is 24.7. The number of aromatic nitrogens is 4. The Labute approximate surface area is 319 Å². The van der Waals surface area contributed by atoms with E-state index in [2.05, 4.69) is 46.5 Å². The van der Waals surface area contributed by atoms with Gasteiger partial charge >= 0.3 is 5.97 Å². The molecule has 14 N–H and O–H groups in total. The fourth-order valence-corrected chi connectivity index (χ4v) is 5.89. The molecule has 6 atom stereocenters. The van der Waals surface area contributed by atoms with E-state index in [9.17, 15) is 33.9 Å². The molecule has 0 bridgehead atoms. The molecule has 54 heavy (non-hydrogen) atoms. The van der Waals surface area contributed by atoms with Gasteiger partial charge in [0.25, 0.3) is 0 Å². The van der Waals surface area contributed by atoms with E-state index in [4.69, 9.17) is 17.2 Å². The molecule has 0 aliphatic rings. The first-order chi connectivity index (χ1) is 25.8. The van der Waals surface area contributed by atoms with Gasteiger partial charge in [0.05, 0.1) is 18.7 Å². The fraction of sp³-hybridized carbons (Fsp3) is 0.647. The number of unbranched alkanes of at least 4 members (excludes halogenated alkanes) is 2. The van der Waals surface area contributed by atoms with Crippen molar-refractivity contribution in [2.24, 2.45) is 23.1 Å². The predicted octanol–water partition coefficient (Wildman–Crippen LogP) is -1.58. The van der Waals surface area contributed by atoms with Crippen LogP contribution in [0.5, 0.6) is 0 Å². The number of nitrogens with one attached hydrogen (secondary N) is 7. The molecule has 0 aliphatic heterocycles. The Hall–Kier alpha value is -4.53. The number of carboxylic acids is 1. The van der Waals surface area contributed by atoms with Crippen LogP contribution in [0.3, 0.4) is 0 Å². The molecule has 2 heterocycles. The maximum absolute atomic E-state index is 14.0. The maximum atomic E-state index is 14.0. The number of carbonyl (C=O) groups is 6. The van der Waals surface area contributed by atoms with E-state index in [0.29, 0.717) is 62.3 Å². The number of nitrogens with two attached hydrogens (primary N) is 3. The SMILES string of the molecule is CSCC[C@H](NC(=O)[C@@H](NC(=O)[C@H](Cc1cnc[nH]1)NC(=O)[C@H](Cc1cnc[nH]1)NC(=O)[C@H](CCCCN)NC(=O)[C@@H](N)CCCCN)C(C)C)C(=O)O. The Morgan fingerprint density at radius 2 is 1.17 bits per heavy atom. The molecule has 0 radical (unpaired) electrons. The Morgan fingerprint density at radius 1 is 0.685 bits per heavy atom. The smallest absolute Gasteiger partial charge is 0.326 e. The summed E-state index contributed by atoms with van der Waals surface area (Å²) in [4.78, 5) is 93.6. The minimum atomic E-state index is -1.27. The number of hydrogen-bond donors (Lipinski definition) is 11. The third kappa shape index (κ3) is 16.2. The lowest BCUT2D eigenvalue weighted by atomic mass is 10.0. The average Bonchev–Trinajstić information content (AvgIpc) is 3.85. The van der Waals surface area contributed by atoms with Crippen molar-refractivity contribution in [2.45, 2.75) is 108 Å². The lowest BCUT2D eigenvalue weighted by Crippen LogP contribution is -2.60. The number of carboxylic acid groups (broad SMARTS) is 1. The molecule has 5 amide bonds. The molecule has 2 aromatic rings. The summed E-state index contributed by atoms with van der Waals surface area (Å²) in [6.45, 7) is 4.22. The van der Waals surface area contributed by atoms with E-state index in [1.165, 1.54) is 36.8 Å². The van der Waals surface area contributed by atoms with Gasteiger partial charge in [-0.3, -0.25) is 24.0 Å². The second-order valence-electron chi connectivity index (χ2n) is 13.3. The summed E-state index contributed by atoms with van der Waals surface area (Å²) in [5.41, 5.74) is 18.3. The zero-order valence-electron chi connectivity index (χ0n) is 31.3. The number of hydrogen-bond acceptors (Lipinski definition) is 12. The van der Waals surface area contributed by atoms with Crippen LogP contribution in [0.25, 0.3) is 0 Å². The third-order valence-corrected chi connectivity index (χ3v) is 9.23. The highest BCUT2D eigenvalue weighted by molar-refractivity contribution is 7.98. The Bertz CT molecular complexity index is 1440. The van der Waals surface area contributed by atoms with Crippen molar-refractivity contribution < 1.29 is 33.9 Å². The second-order valence-corrected chi connectivity index (χ2v) is 14.3. The summed E-state index contributed by atoms with van der Waals surface area (Å²) in [7, 11) is 0. The van der Waals surface area contributed by atoms with Crippen LogP contribution >= 0.6 is 11.8 Å². The number of carbonyl (C=O) groups excluding carboxylic acids is 5. The molecular formula is C34H58N12O7S. The first-order valence-corrected chi connectivity index (χ1v) is 19.5. The van der Waals surface area contributed by atoms with Gasteiger partial charge in [0.2, 0.25) is 29.5 Å². The number of nitrogens with zero attached hydrogens (tertiary/aromatic N) is 2. The van der Waals surface area contributed by atoms with Crippen molar-refractivity contribution >= 4 is 47.3 Å². The summed E-state index contributed by atoms with van der Waals surface area (Å²) < 4.78 is 0. The molecule has 0 fully saturated rings. The summed E-state index contributed by atoms with van der Waals surface area (Å²) in [6, 6.07) is -6.73. The lowest BCUT2D eigenvalue weighted by Gasteiger charge is -2.28. The number of thioether (sulfide) groups is 1. The number of aliphatic carboxylic acids is 1. The Balaban J connectivity index is 2.34. The van der Waals surface area contributed by atoms with Crippen LogP contribution in [-0.4, -0.2) is 122 Å². The van der Waals surface area contributed by atoms with Crippen molar-refractivity contribution in [1.29, 1.82) is 0 Å². The molecule has 0 saturated heterocycles. The predicted molar refractivity (Wildman–Crippen MR) is 203 cm³/mol. The van der Waals surface area contributed by atoms with Gasteiger partial charge in [0.1, 0.15) is 30.2 Å². The molecule has 0 aliphatic carbocycles. The Kier molecular flexibility index (Phi) is 20.9. The molecule has 0 spiro atoms. The van der Waals surface area contributed by atoms with Crippen molar-refractivity contribution in [3.63, 3.8) is 0 Å². The third-order valence-electron chi connectivity index (χ3n) is 8.58. The van der Waals surface area contributed by atoms with Crippen LogP contribution < -0.4 is 43.8 Å². The highest BCUT2D eigenvalue weighted by atomic mass is 32.2. The van der Waals surface area contributed by atoms with E-state index in [-0.39, 0.29) is 25.7 Å². The molecule has 2 rings (SSSR count). The van der Waals surface area contributed by atoms with Gasteiger partial charge in [-0.1, -0.05) is 20.3 Å². The van der Waals surface area contributed by atoms with E-state index < -0.39 is 77.7 Å². The zero-order valence-corrected chi connectivity index (χ0v) is 32.1. The van der Waals surface area contributed by atoms with Crippen molar-refractivity contribution in [1.82, 2.24) is 46.5 Å². The molecule has 302 valence electrons. The average molecular weight is 779 g/mol. The maximum Gasteiger partial charge on any atom is 0.326 e. The van der Waals surface area contributed by atoms with Crippen LogP contribution in [-0.2, 0) is 41.6 Å². The van der Waals surface area contributed by atoms with E-state index in [1.807, 2.05) is 6.26 Å². The number of amides is 5. The van der Waals surface area contributed by atoms with E-state index in [1.54, 1.807) is 13.8 Å². The summed E-state index contributed by atoms with van der Waals surface area (Å²) in [5, 5.41) is 23.0. The number of H-pyrrole nitrogens is 2. The highest BCUT2D eigenvalue weighted by Gasteiger charge is 2.34. The normalized spacial score (nSPS) is 14.6. The number of aromatic amines is 2. The van der Waals surface area contributed by atoms with Gasteiger partial charge in [0, 0.05) is 36.6 Å². The van der Waals surface area contributed by atoms with Gasteiger partial charge in [-0.15, -0.1) is 0 Å². The standard InChI is InChI=1S/C34H58N12O7S/c1-20(2)28(33(51)43-25(34(52)53)10-13-54-3)46-32(50)27(15-22-17-39-19-41-22)45-31(49)26(14-21-16-38-18-40-21)44-30(48)24(9-5-7-12-36)42-29(47)23(37)8-4-6-11-35/h16-20,23-28H,4-15,35-37H2,1-3H3,(H,38,40)(H,39,41)(H,42,47)(H,43,51)(H,44,48)(H,45,49)(H,46,50)(H,52,53)/t23-,24-,25-,26-,27-,28-/m0/s1. The first kappa shape index (κ1) is 45.6. The molecule has 2 aromatic heterocycles. The molecule has 19 nitrogen and oxygen atoms in total. The Morgan fingerprint density at radius 3 is 1.63 bits per heavy atom. The van der Waals surface area contributed by atoms with Gasteiger partial charge < -0.3 is 58.9 Å². The summed E-state index contributed by atoms with van der Waals surface area (Å²) in [5.74, 6) is -4.49. The number of rotatable bonds is 27. The number of imidazole rings is 2. The van der Waals surface area contributed by atoms with Crippen molar-refractivity contribution in [2.75, 3.05) is 25.1 Å². The molecular weight excluding hydrogens is 721 g/mol. The van der Waals surface area contributed by atoms with E-state index >= 15 is 0 Å². The van der Waals surface area contributed by atoms with Crippen molar-refractivity contribution in [3.05, 3.63) is 36.4 Å². The minimum Gasteiger partial charge on any atom is -0.480 e. The largest absolute Gasteiger partial charge is 0.480 e. The van der Waals surface area contributed by atoms with Gasteiger partial charge in [-0.25, -0.2) is 14.8 Å². The monoisotopic (exact) mass is 778 g/mol. The van der Waals surface area contributed by atoms with Crippen LogP contribution in [0.15, 0.2) is 25.0 Å². The fourth-order valence-electron chi connectivity index (χ4n) is 5.42. The lowest BCUT2D eigenvalue weighted by molar-refractivity contribution is -0.142. The first-order valence-electron chi connectivity index (χ1n) is 18.1. The van der Waals surface area contributed by atoms with Crippen molar-refractivity contribution in [3.8, 4) is 0 Å². The minimum absolute atomic E-state index is 0.0539. The molecule has 0 aromatic carbocycles. The van der Waals surface area contributed by atoms with Gasteiger partial charge in [-0.2, -0.15) is 11.8 Å². The zero-order chi connectivity index (χ0) is 40.0. The van der Waals surface area contributed by atoms with E-state index in [0.717, 1.165) is 0 Å². The van der Waals surface area contributed by atoms with Gasteiger partial charge in [0.15, 0.2) is 0 Å². The molecule has 0 unspecified atom stereocenters. The van der Waals surface area contributed by atoms with Crippen LogP contribution in [0.4, 0.5) is 0 Å². The quantitative estimate of drug-likeness (QED) is 0.0457. The summed E-state index contributed by atoms with van der Waals surface area (Å²) in [6.07, 6.45) is 10.7. The summed E-state index contributed by atoms with van der Waals surface area (Å²) >= 11 is 1.43.